The van der Waals surface area contributed by atoms with E-state index in [1.165, 1.54) is 24.1 Å². The van der Waals surface area contributed by atoms with Crippen LogP contribution in [0, 0.1) is 5.92 Å². The van der Waals surface area contributed by atoms with Gasteiger partial charge in [0.2, 0.25) is 5.91 Å². The topological polar surface area (TPSA) is 94.2 Å². The lowest BCUT2D eigenvalue weighted by Gasteiger charge is -2.31. The fourth-order valence-electron chi connectivity index (χ4n) is 4.95. The van der Waals surface area contributed by atoms with Gasteiger partial charge in [0.05, 0.1) is 13.2 Å². The Morgan fingerprint density at radius 3 is 2.55 bits per heavy atom. The first-order valence-corrected chi connectivity index (χ1v) is 14.9. The number of carbonyl (C=O) groups excluding carboxylic acids is 3. The van der Waals surface area contributed by atoms with Gasteiger partial charge in [-0.1, -0.05) is 35.4 Å². The maximum absolute atomic E-state index is 13.9. The summed E-state index contributed by atoms with van der Waals surface area (Å²) in [7, 11) is 1.31. The van der Waals surface area contributed by atoms with Crippen LogP contribution in [0.25, 0.3) is 0 Å². The minimum atomic E-state index is -0.822. The summed E-state index contributed by atoms with van der Waals surface area (Å²) >= 11 is 4.63. The fraction of sp³-hybridized carbons (Fsp3) is 0.607. The molecule has 210 valence electrons. The zero-order valence-corrected chi connectivity index (χ0v) is 24.6. The molecule has 1 N–H and O–H groups in total. The number of hydrogen-bond acceptors (Lipinski definition) is 7. The average molecular weight is 612 g/mol. The predicted molar refractivity (Wildman–Crippen MR) is 150 cm³/mol. The second kappa shape index (κ2) is 15.5. The van der Waals surface area contributed by atoms with E-state index in [1.54, 1.807) is 0 Å². The van der Waals surface area contributed by atoms with E-state index in [4.69, 9.17) is 13.7 Å². The van der Waals surface area contributed by atoms with Gasteiger partial charge in [-0.05, 0) is 75.1 Å². The van der Waals surface area contributed by atoms with E-state index in [0.29, 0.717) is 6.42 Å². The van der Waals surface area contributed by atoms with Gasteiger partial charge >= 0.3 is 12.1 Å². The van der Waals surface area contributed by atoms with Crippen molar-refractivity contribution in [1.29, 1.82) is 0 Å². The molecule has 10 heteroatoms. The number of amides is 2. The third-order valence-electron chi connectivity index (χ3n) is 7.12. The highest BCUT2D eigenvalue weighted by atomic mass is 79.9. The summed E-state index contributed by atoms with van der Waals surface area (Å²) in [6.45, 7) is 5.94. The molecule has 1 aliphatic heterocycles. The van der Waals surface area contributed by atoms with Crippen molar-refractivity contribution in [3.8, 4) is 0 Å². The Bertz CT molecular complexity index is 940. The van der Waals surface area contributed by atoms with Crippen LogP contribution in [0.2, 0.25) is 0 Å². The van der Waals surface area contributed by atoms with Crippen LogP contribution >= 0.6 is 28.0 Å². The molecule has 8 nitrogen and oxygen atoms in total. The summed E-state index contributed by atoms with van der Waals surface area (Å²) in [5, 5.41) is 2.84. The van der Waals surface area contributed by atoms with Crippen LogP contribution in [0.5, 0.6) is 0 Å². The van der Waals surface area contributed by atoms with Crippen molar-refractivity contribution >= 4 is 45.9 Å². The maximum atomic E-state index is 13.9. The highest BCUT2D eigenvalue weighted by molar-refractivity contribution is 9.10. The molecule has 38 heavy (non-hydrogen) atoms. The van der Waals surface area contributed by atoms with Crippen molar-refractivity contribution in [2.75, 3.05) is 13.7 Å². The SMILES string of the molecule is C=CCCCCC(C)C(NC(=O)OC1CCCC1)C(=O)N1CC(OSc2ccc(Br)cc2)CC1C(=O)OC. The summed E-state index contributed by atoms with van der Waals surface area (Å²) < 4.78 is 17.6. The molecular weight excluding hydrogens is 572 g/mol. The molecular formula is C28H39BrN2O6S. The molecule has 0 aromatic heterocycles. The van der Waals surface area contributed by atoms with E-state index >= 15 is 0 Å². The number of carbonyl (C=O) groups is 3. The number of ether oxygens (including phenoxy) is 2. The summed E-state index contributed by atoms with van der Waals surface area (Å²) in [4.78, 5) is 41.8. The number of unbranched alkanes of at least 4 members (excludes halogenated alkanes) is 2. The molecule has 1 saturated heterocycles. The molecule has 1 aromatic carbocycles. The smallest absolute Gasteiger partial charge is 0.408 e. The van der Waals surface area contributed by atoms with Gasteiger partial charge in [0.25, 0.3) is 0 Å². The Hall–Kier alpha value is -2.04. The minimum Gasteiger partial charge on any atom is -0.467 e. The Morgan fingerprint density at radius 1 is 1.18 bits per heavy atom. The van der Waals surface area contributed by atoms with Crippen molar-refractivity contribution in [2.45, 2.75) is 93.9 Å². The molecule has 1 saturated carbocycles. The van der Waals surface area contributed by atoms with Gasteiger partial charge in [-0.25, -0.2) is 9.59 Å². The Morgan fingerprint density at radius 2 is 1.89 bits per heavy atom. The molecule has 2 amide bonds. The highest BCUT2D eigenvalue weighted by Crippen LogP contribution is 2.30. The van der Waals surface area contributed by atoms with Crippen molar-refractivity contribution in [2.24, 2.45) is 5.92 Å². The largest absolute Gasteiger partial charge is 0.467 e. The monoisotopic (exact) mass is 610 g/mol. The number of alkyl carbamates (subject to hydrolysis) is 1. The van der Waals surface area contributed by atoms with Gasteiger partial charge in [-0.3, -0.25) is 4.79 Å². The zero-order valence-electron chi connectivity index (χ0n) is 22.2. The first-order valence-electron chi connectivity index (χ1n) is 13.4. The number of allylic oxidation sites excluding steroid dienone is 1. The molecule has 1 aromatic rings. The number of hydrogen-bond donors (Lipinski definition) is 1. The normalized spacial score (nSPS) is 21.1. The molecule has 2 fully saturated rings. The molecule has 1 heterocycles. The lowest BCUT2D eigenvalue weighted by Crippen LogP contribution is -2.54. The van der Waals surface area contributed by atoms with Crippen LogP contribution in [0.1, 0.15) is 64.7 Å². The zero-order chi connectivity index (χ0) is 27.5. The molecule has 4 unspecified atom stereocenters. The molecule has 0 spiro atoms. The van der Waals surface area contributed by atoms with E-state index < -0.39 is 24.1 Å². The summed E-state index contributed by atoms with van der Waals surface area (Å²) in [5.41, 5.74) is 0. The van der Waals surface area contributed by atoms with E-state index in [2.05, 4.69) is 27.8 Å². The van der Waals surface area contributed by atoms with Gasteiger partial charge in [0, 0.05) is 34.4 Å². The van der Waals surface area contributed by atoms with Gasteiger partial charge in [-0.2, -0.15) is 0 Å². The first kappa shape index (κ1) is 30.5. The first-order chi connectivity index (χ1) is 18.3. The van der Waals surface area contributed by atoms with Gasteiger partial charge in [0.15, 0.2) is 0 Å². The molecule has 0 bridgehead atoms. The van der Waals surface area contributed by atoms with Gasteiger partial charge in [-0.15, -0.1) is 6.58 Å². The molecule has 0 radical (unpaired) electrons. The summed E-state index contributed by atoms with van der Waals surface area (Å²) in [6, 6.07) is 6.09. The molecule has 4 atom stereocenters. The minimum absolute atomic E-state index is 0.114. The molecule has 2 aliphatic rings. The standard InChI is InChI=1S/C28H39BrN2O6S/c1-4-5-6-7-10-19(2)25(30-28(34)36-21-11-8-9-12-21)26(32)31-18-22(17-24(31)27(33)35-3)37-38-23-15-13-20(29)14-16-23/h4,13-16,19,21-22,24-25H,1,5-12,17-18H2,2-3H3,(H,30,34). The Kier molecular flexibility index (Phi) is 12.5. The third-order valence-corrected chi connectivity index (χ3v) is 8.48. The van der Waals surface area contributed by atoms with Gasteiger partial charge < -0.3 is 23.9 Å². The highest BCUT2D eigenvalue weighted by Gasteiger charge is 2.44. The van der Waals surface area contributed by atoms with Crippen molar-refractivity contribution in [3.63, 3.8) is 0 Å². The van der Waals surface area contributed by atoms with Crippen LogP contribution in [-0.4, -0.2) is 60.8 Å². The third kappa shape index (κ3) is 9.02. The number of nitrogens with one attached hydrogen (secondary N) is 1. The van der Waals surface area contributed by atoms with Crippen molar-refractivity contribution < 1.29 is 28.0 Å². The number of rotatable bonds is 13. The molecule has 3 rings (SSSR count). The van der Waals surface area contributed by atoms with E-state index in [1.807, 2.05) is 37.3 Å². The number of halogens is 1. The lowest BCUT2D eigenvalue weighted by atomic mass is 9.94. The quantitative estimate of drug-likeness (QED) is 0.126. The van der Waals surface area contributed by atoms with Crippen LogP contribution < -0.4 is 5.32 Å². The molecule has 1 aliphatic carbocycles. The number of benzene rings is 1. The number of esters is 1. The maximum Gasteiger partial charge on any atom is 0.408 e. The number of methoxy groups -OCH3 is 1. The van der Waals surface area contributed by atoms with Crippen molar-refractivity contribution in [1.82, 2.24) is 10.2 Å². The Balaban J connectivity index is 1.70. The van der Waals surface area contributed by atoms with E-state index in [0.717, 1.165) is 60.7 Å². The van der Waals surface area contributed by atoms with Crippen LogP contribution in [0.4, 0.5) is 4.79 Å². The van der Waals surface area contributed by atoms with E-state index in [9.17, 15) is 14.4 Å². The van der Waals surface area contributed by atoms with Crippen LogP contribution in [-0.2, 0) is 23.2 Å². The second-order valence-electron chi connectivity index (χ2n) is 10.0. The number of likely N-dealkylation sites (tertiary alicyclic amines) is 1. The van der Waals surface area contributed by atoms with Crippen molar-refractivity contribution in [3.05, 3.63) is 41.4 Å². The van der Waals surface area contributed by atoms with Crippen LogP contribution in [0.3, 0.4) is 0 Å². The van der Waals surface area contributed by atoms with E-state index in [-0.39, 0.29) is 30.6 Å². The van der Waals surface area contributed by atoms with Crippen LogP contribution in [0.15, 0.2) is 46.3 Å². The summed E-state index contributed by atoms with van der Waals surface area (Å²) in [6.07, 6.45) is 8.37. The second-order valence-corrected chi connectivity index (χ2v) is 11.8. The average Bonchev–Trinajstić information content (AvgIpc) is 3.58. The lowest BCUT2D eigenvalue weighted by molar-refractivity contribution is -0.152. The van der Waals surface area contributed by atoms with Gasteiger partial charge in [0.1, 0.15) is 18.2 Å². The fourth-order valence-corrected chi connectivity index (χ4v) is 5.85. The predicted octanol–water partition coefficient (Wildman–Crippen LogP) is 6.04. The summed E-state index contributed by atoms with van der Waals surface area (Å²) in [5.74, 6) is -0.970. The number of nitrogens with zero attached hydrogens (tertiary/aromatic N) is 1. The Labute approximate surface area is 238 Å².